The topological polar surface area (TPSA) is 92.9 Å². The molecule has 0 spiro atoms. The van der Waals surface area contributed by atoms with Gasteiger partial charge in [0, 0.05) is 13.1 Å². The molecule has 3 aliphatic rings. The van der Waals surface area contributed by atoms with Gasteiger partial charge in [-0.1, -0.05) is 0 Å². The van der Waals surface area contributed by atoms with Gasteiger partial charge in [-0.25, -0.2) is 4.79 Å². The standard InChI is InChI=1S/C14H24N2O4/c1-12(2,3)20-11(19)16-8-13(4-5-15)6-14(7-13,9-16)10(17)18/h4-9,15H2,1-3H3,(H,17,18). The smallest absolute Gasteiger partial charge is 0.410 e. The second kappa shape index (κ2) is 4.62. The van der Waals surface area contributed by atoms with Gasteiger partial charge in [0.15, 0.2) is 0 Å². The first-order valence-corrected chi connectivity index (χ1v) is 7.03. The molecule has 0 aromatic carbocycles. The number of hydrogen-bond acceptors (Lipinski definition) is 4. The Hall–Kier alpha value is -1.30. The predicted molar refractivity (Wildman–Crippen MR) is 73.2 cm³/mol. The van der Waals surface area contributed by atoms with Crippen LogP contribution in [0.25, 0.3) is 0 Å². The molecule has 6 nitrogen and oxygen atoms in total. The normalized spacial score (nSPS) is 32.5. The fourth-order valence-electron chi connectivity index (χ4n) is 3.67. The molecule has 2 aliphatic heterocycles. The van der Waals surface area contributed by atoms with E-state index in [9.17, 15) is 14.7 Å². The number of nitrogens with two attached hydrogens (primary N) is 1. The first-order chi connectivity index (χ1) is 9.11. The quantitative estimate of drug-likeness (QED) is 0.818. The Morgan fingerprint density at radius 1 is 1.30 bits per heavy atom. The van der Waals surface area contributed by atoms with E-state index in [1.54, 1.807) is 25.7 Å². The summed E-state index contributed by atoms with van der Waals surface area (Å²) in [4.78, 5) is 25.2. The van der Waals surface area contributed by atoms with Crippen LogP contribution < -0.4 is 5.73 Å². The fraction of sp³-hybridized carbons (Fsp3) is 0.857. The zero-order chi connectivity index (χ0) is 15.2. The van der Waals surface area contributed by atoms with E-state index in [0.717, 1.165) is 6.42 Å². The lowest BCUT2D eigenvalue weighted by atomic mass is 9.48. The van der Waals surface area contributed by atoms with Gasteiger partial charge in [0.2, 0.25) is 0 Å². The minimum Gasteiger partial charge on any atom is -0.481 e. The maximum atomic E-state index is 12.2. The molecular weight excluding hydrogens is 260 g/mol. The maximum Gasteiger partial charge on any atom is 0.410 e. The second-order valence-corrected chi connectivity index (χ2v) is 7.31. The summed E-state index contributed by atoms with van der Waals surface area (Å²) in [5, 5.41) is 9.44. The van der Waals surface area contributed by atoms with Crippen molar-refractivity contribution >= 4 is 12.1 Å². The number of hydrogen-bond donors (Lipinski definition) is 2. The van der Waals surface area contributed by atoms with Crippen molar-refractivity contribution in [1.82, 2.24) is 4.90 Å². The number of ether oxygens (including phenoxy) is 1. The van der Waals surface area contributed by atoms with E-state index in [1.165, 1.54) is 0 Å². The highest BCUT2D eigenvalue weighted by atomic mass is 16.6. The van der Waals surface area contributed by atoms with Gasteiger partial charge in [-0.3, -0.25) is 4.79 Å². The molecule has 0 aromatic rings. The van der Waals surface area contributed by atoms with E-state index in [4.69, 9.17) is 10.5 Å². The van der Waals surface area contributed by atoms with Crippen molar-refractivity contribution in [3.8, 4) is 0 Å². The Balaban J connectivity index is 2.12. The average Bonchev–Trinajstić information content (AvgIpc) is 2.25. The van der Waals surface area contributed by atoms with Gasteiger partial charge in [0.25, 0.3) is 0 Å². The first kappa shape index (κ1) is 15.1. The van der Waals surface area contributed by atoms with Gasteiger partial charge in [-0.05, 0) is 52.0 Å². The molecule has 1 saturated carbocycles. The van der Waals surface area contributed by atoms with Gasteiger partial charge < -0.3 is 20.5 Å². The fourth-order valence-corrected chi connectivity index (χ4v) is 3.67. The Bertz CT molecular complexity index is 421. The molecule has 114 valence electrons. The van der Waals surface area contributed by atoms with Crippen molar-refractivity contribution in [1.29, 1.82) is 0 Å². The van der Waals surface area contributed by atoms with Gasteiger partial charge in [0.05, 0.1) is 5.41 Å². The van der Waals surface area contributed by atoms with E-state index in [1.807, 2.05) is 0 Å². The Kier molecular flexibility index (Phi) is 3.48. The highest BCUT2D eigenvalue weighted by Gasteiger charge is 2.64. The number of carboxylic acid groups (broad SMARTS) is 1. The SMILES string of the molecule is CC(C)(C)OC(=O)N1CC2(CCN)CC(C(=O)O)(C1)C2. The molecule has 3 rings (SSSR count). The zero-order valence-electron chi connectivity index (χ0n) is 12.4. The lowest BCUT2D eigenvalue weighted by molar-refractivity contribution is -0.184. The van der Waals surface area contributed by atoms with Crippen LogP contribution in [0, 0.1) is 10.8 Å². The van der Waals surface area contributed by atoms with Gasteiger partial charge in [-0.2, -0.15) is 0 Å². The number of piperidine rings is 2. The molecule has 2 saturated heterocycles. The van der Waals surface area contributed by atoms with Crippen molar-refractivity contribution in [2.24, 2.45) is 16.6 Å². The molecule has 1 amide bonds. The Morgan fingerprint density at radius 2 is 1.90 bits per heavy atom. The number of nitrogens with zero attached hydrogens (tertiary/aromatic N) is 1. The number of rotatable bonds is 3. The molecule has 0 aromatic heterocycles. The van der Waals surface area contributed by atoms with Crippen LogP contribution in [0.4, 0.5) is 4.79 Å². The molecule has 2 heterocycles. The van der Waals surface area contributed by atoms with E-state index in [0.29, 0.717) is 25.9 Å². The summed E-state index contributed by atoms with van der Waals surface area (Å²) in [6.45, 7) is 6.71. The molecule has 6 heteroatoms. The van der Waals surface area contributed by atoms with Crippen LogP contribution >= 0.6 is 0 Å². The average molecular weight is 284 g/mol. The van der Waals surface area contributed by atoms with E-state index in [-0.39, 0.29) is 12.0 Å². The summed E-state index contributed by atoms with van der Waals surface area (Å²) >= 11 is 0. The molecule has 0 atom stereocenters. The van der Waals surface area contributed by atoms with Crippen molar-refractivity contribution in [2.45, 2.75) is 45.6 Å². The van der Waals surface area contributed by atoms with Gasteiger partial charge in [-0.15, -0.1) is 0 Å². The third-order valence-electron chi connectivity index (χ3n) is 4.23. The van der Waals surface area contributed by atoms with Crippen molar-refractivity contribution in [2.75, 3.05) is 19.6 Å². The molecular formula is C14H24N2O4. The van der Waals surface area contributed by atoms with Crippen molar-refractivity contribution in [3.05, 3.63) is 0 Å². The summed E-state index contributed by atoms with van der Waals surface area (Å²) in [5.41, 5.74) is 4.12. The molecule has 20 heavy (non-hydrogen) atoms. The molecule has 0 unspecified atom stereocenters. The molecule has 2 bridgehead atoms. The minimum atomic E-state index is -0.821. The van der Waals surface area contributed by atoms with Crippen LogP contribution in [-0.4, -0.2) is 47.3 Å². The zero-order valence-corrected chi connectivity index (χ0v) is 12.4. The van der Waals surface area contributed by atoms with E-state index in [2.05, 4.69) is 0 Å². The maximum absolute atomic E-state index is 12.2. The number of carbonyl (C=O) groups is 2. The van der Waals surface area contributed by atoms with Crippen molar-refractivity contribution in [3.63, 3.8) is 0 Å². The molecule has 0 radical (unpaired) electrons. The summed E-state index contributed by atoms with van der Waals surface area (Å²) in [5.74, 6) is -0.821. The molecule has 1 aliphatic carbocycles. The summed E-state index contributed by atoms with van der Waals surface area (Å²) < 4.78 is 5.36. The van der Waals surface area contributed by atoms with E-state index < -0.39 is 23.1 Å². The minimum absolute atomic E-state index is 0.137. The number of amides is 1. The number of aliphatic carboxylic acids is 1. The summed E-state index contributed by atoms with van der Waals surface area (Å²) in [6.07, 6.45) is 1.56. The second-order valence-electron chi connectivity index (χ2n) is 7.31. The van der Waals surface area contributed by atoms with Gasteiger partial charge in [0.1, 0.15) is 5.60 Å². The van der Waals surface area contributed by atoms with Crippen LogP contribution in [-0.2, 0) is 9.53 Å². The monoisotopic (exact) mass is 284 g/mol. The van der Waals surface area contributed by atoms with E-state index >= 15 is 0 Å². The Labute approximate surface area is 119 Å². The highest BCUT2D eigenvalue weighted by molar-refractivity contribution is 5.79. The number of carbonyl (C=O) groups excluding carboxylic acids is 1. The number of fused-ring (bicyclic) bond motifs is 2. The lowest BCUT2D eigenvalue weighted by Gasteiger charge is -2.61. The third kappa shape index (κ3) is 2.61. The van der Waals surface area contributed by atoms with Crippen LogP contribution in [0.15, 0.2) is 0 Å². The Morgan fingerprint density at radius 3 is 2.35 bits per heavy atom. The number of carboxylic acids is 1. The molecule has 3 fully saturated rings. The van der Waals surface area contributed by atoms with Crippen LogP contribution in [0.3, 0.4) is 0 Å². The lowest BCUT2D eigenvalue weighted by Crippen LogP contribution is -2.67. The van der Waals surface area contributed by atoms with Gasteiger partial charge >= 0.3 is 12.1 Å². The largest absolute Gasteiger partial charge is 0.481 e. The van der Waals surface area contributed by atoms with Crippen LogP contribution in [0.1, 0.15) is 40.0 Å². The molecule has 3 N–H and O–H groups in total. The van der Waals surface area contributed by atoms with Crippen LogP contribution in [0.2, 0.25) is 0 Å². The predicted octanol–water partition coefficient (Wildman–Crippen LogP) is 1.44. The highest BCUT2D eigenvalue weighted by Crippen LogP contribution is 2.60. The third-order valence-corrected chi connectivity index (χ3v) is 4.23. The van der Waals surface area contributed by atoms with Crippen LogP contribution in [0.5, 0.6) is 0 Å². The summed E-state index contributed by atoms with van der Waals surface area (Å²) in [6, 6.07) is 0. The summed E-state index contributed by atoms with van der Waals surface area (Å²) in [7, 11) is 0. The van der Waals surface area contributed by atoms with Crippen molar-refractivity contribution < 1.29 is 19.4 Å². The first-order valence-electron chi connectivity index (χ1n) is 7.03.